The molecule has 0 heterocycles. The van der Waals surface area contributed by atoms with Crippen LogP contribution in [0.3, 0.4) is 0 Å². The van der Waals surface area contributed by atoms with E-state index in [4.69, 9.17) is 0 Å². The molecular formula is C18H36NiO. The normalized spacial score (nSPS) is 10.2. The van der Waals surface area contributed by atoms with Crippen LogP contribution in [-0.4, -0.2) is 6.29 Å². The summed E-state index contributed by atoms with van der Waals surface area (Å²) in [6.45, 7) is 2.28. The van der Waals surface area contributed by atoms with E-state index in [1.165, 1.54) is 89.9 Å². The molecule has 0 saturated carbocycles. The van der Waals surface area contributed by atoms with Gasteiger partial charge < -0.3 is 4.79 Å². The Bertz CT molecular complexity index is 171. The van der Waals surface area contributed by atoms with Crippen LogP contribution in [0.15, 0.2) is 0 Å². The predicted octanol–water partition coefficient (Wildman–Crippen LogP) is 6.44. The van der Waals surface area contributed by atoms with E-state index in [1.54, 1.807) is 0 Å². The van der Waals surface area contributed by atoms with Gasteiger partial charge in [-0.1, -0.05) is 96.8 Å². The Kier molecular flexibility index (Phi) is 24.1. The van der Waals surface area contributed by atoms with Crippen LogP contribution in [0.2, 0.25) is 0 Å². The molecule has 0 spiro atoms. The van der Waals surface area contributed by atoms with Gasteiger partial charge in [0.05, 0.1) is 0 Å². The Morgan fingerprint density at radius 1 is 0.550 bits per heavy atom. The van der Waals surface area contributed by atoms with Gasteiger partial charge in [-0.3, -0.25) is 0 Å². The zero-order valence-corrected chi connectivity index (χ0v) is 14.6. The number of aldehydes is 1. The van der Waals surface area contributed by atoms with Gasteiger partial charge in [0.2, 0.25) is 0 Å². The number of hydrogen-bond acceptors (Lipinski definition) is 1. The molecule has 0 amide bonds. The summed E-state index contributed by atoms with van der Waals surface area (Å²) < 4.78 is 0. The molecule has 0 fully saturated rings. The smallest absolute Gasteiger partial charge is 0.119 e. The van der Waals surface area contributed by atoms with E-state index in [2.05, 4.69) is 6.92 Å². The van der Waals surface area contributed by atoms with Crippen LogP contribution in [0.4, 0.5) is 0 Å². The summed E-state index contributed by atoms with van der Waals surface area (Å²) >= 11 is 0. The van der Waals surface area contributed by atoms with Gasteiger partial charge in [-0.25, -0.2) is 0 Å². The van der Waals surface area contributed by atoms with Gasteiger partial charge in [-0.05, 0) is 6.42 Å². The van der Waals surface area contributed by atoms with Crippen LogP contribution in [0, 0.1) is 0 Å². The minimum absolute atomic E-state index is 0. The van der Waals surface area contributed by atoms with Crippen molar-refractivity contribution < 1.29 is 21.3 Å². The second kappa shape index (κ2) is 21.5. The van der Waals surface area contributed by atoms with E-state index in [-0.39, 0.29) is 16.5 Å². The van der Waals surface area contributed by atoms with Gasteiger partial charge in [0.25, 0.3) is 0 Å². The van der Waals surface area contributed by atoms with Crippen molar-refractivity contribution in [1.82, 2.24) is 0 Å². The molecule has 2 heteroatoms. The van der Waals surface area contributed by atoms with E-state index in [1.807, 2.05) is 0 Å². The topological polar surface area (TPSA) is 17.1 Å². The van der Waals surface area contributed by atoms with Crippen LogP contribution >= 0.6 is 0 Å². The number of unbranched alkanes of at least 4 members (excludes halogenated alkanes) is 15. The maximum absolute atomic E-state index is 10.1. The molecule has 124 valence electrons. The molecule has 0 unspecified atom stereocenters. The summed E-state index contributed by atoms with van der Waals surface area (Å²) in [6.07, 6.45) is 22.6. The zero-order valence-electron chi connectivity index (χ0n) is 13.6. The van der Waals surface area contributed by atoms with Crippen molar-refractivity contribution in [3.63, 3.8) is 0 Å². The molecule has 0 atom stereocenters. The van der Waals surface area contributed by atoms with Gasteiger partial charge in [0, 0.05) is 22.9 Å². The average molecular weight is 327 g/mol. The standard InChI is InChI=1S/C18H36O.Ni/c1-2-3-4-5-6-7-8-9-10-11-12-13-14-15-16-17-18-19;/h18H,2-17H2,1H3;. The van der Waals surface area contributed by atoms with Gasteiger partial charge >= 0.3 is 0 Å². The average Bonchev–Trinajstić information content (AvgIpc) is 2.43. The quantitative estimate of drug-likeness (QED) is 0.181. The summed E-state index contributed by atoms with van der Waals surface area (Å²) in [7, 11) is 0. The number of rotatable bonds is 16. The third-order valence-electron chi connectivity index (χ3n) is 3.93. The largest absolute Gasteiger partial charge is 0.303 e. The molecule has 0 aromatic heterocycles. The summed E-state index contributed by atoms with van der Waals surface area (Å²) in [6, 6.07) is 0. The summed E-state index contributed by atoms with van der Waals surface area (Å²) in [5, 5.41) is 0. The summed E-state index contributed by atoms with van der Waals surface area (Å²) in [5.74, 6) is 0. The van der Waals surface area contributed by atoms with Crippen molar-refractivity contribution in [2.75, 3.05) is 0 Å². The molecule has 0 saturated heterocycles. The molecule has 0 aliphatic rings. The van der Waals surface area contributed by atoms with Crippen molar-refractivity contribution in [3.05, 3.63) is 0 Å². The fourth-order valence-electron chi connectivity index (χ4n) is 2.60. The molecule has 0 aliphatic carbocycles. The predicted molar refractivity (Wildman–Crippen MR) is 85.6 cm³/mol. The molecule has 0 N–H and O–H groups in total. The fraction of sp³-hybridized carbons (Fsp3) is 0.944. The zero-order chi connectivity index (χ0) is 14.0. The van der Waals surface area contributed by atoms with Gasteiger partial charge in [0.1, 0.15) is 6.29 Å². The maximum Gasteiger partial charge on any atom is 0.119 e. The Balaban J connectivity index is 0. The minimum atomic E-state index is 0. The third kappa shape index (κ3) is 20.5. The number of carbonyl (C=O) groups is 1. The minimum Gasteiger partial charge on any atom is -0.303 e. The van der Waals surface area contributed by atoms with Crippen LogP contribution < -0.4 is 0 Å². The van der Waals surface area contributed by atoms with Gasteiger partial charge in [-0.15, -0.1) is 0 Å². The monoisotopic (exact) mass is 326 g/mol. The van der Waals surface area contributed by atoms with E-state index >= 15 is 0 Å². The van der Waals surface area contributed by atoms with Crippen LogP contribution in [-0.2, 0) is 21.3 Å². The molecule has 0 bridgehead atoms. The van der Waals surface area contributed by atoms with Crippen LogP contribution in [0.25, 0.3) is 0 Å². The number of carbonyl (C=O) groups excluding carboxylic acids is 1. The molecule has 0 aliphatic heterocycles. The molecule has 0 aromatic rings. The van der Waals surface area contributed by atoms with E-state index in [0.29, 0.717) is 0 Å². The Morgan fingerprint density at radius 3 is 1.15 bits per heavy atom. The SMILES string of the molecule is CCCCCCCCCCCCCCCCCC=O.[Ni]. The Labute approximate surface area is 137 Å². The summed E-state index contributed by atoms with van der Waals surface area (Å²) in [4.78, 5) is 10.1. The Morgan fingerprint density at radius 2 is 0.850 bits per heavy atom. The molecular weight excluding hydrogens is 291 g/mol. The molecule has 0 aromatic carbocycles. The second-order valence-electron chi connectivity index (χ2n) is 5.91. The first-order valence-corrected chi connectivity index (χ1v) is 8.85. The molecule has 0 radical (unpaired) electrons. The van der Waals surface area contributed by atoms with Crippen molar-refractivity contribution >= 4 is 6.29 Å². The van der Waals surface area contributed by atoms with E-state index < -0.39 is 0 Å². The first kappa shape index (κ1) is 22.4. The van der Waals surface area contributed by atoms with Crippen LogP contribution in [0.5, 0.6) is 0 Å². The van der Waals surface area contributed by atoms with Crippen molar-refractivity contribution in [1.29, 1.82) is 0 Å². The Hall–Kier alpha value is 0.164. The summed E-state index contributed by atoms with van der Waals surface area (Å²) in [5.41, 5.74) is 0. The third-order valence-corrected chi connectivity index (χ3v) is 3.93. The van der Waals surface area contributed by atoms with Crippen molar-refractivity contribution in [2.24, 2.45) is 0 Å². The van der Waals surface area contributed by atoms with E-state index in [0.717, 1.165) is 19.1 Å². The number of hydrogen-bond donors (Lipinski definition) is 0. The van der Waals surface area contributed by atoms with Gasteiger partial charge in [0.15, 0.2) is 0 Å². The fourth-order valence-corrected chi connectivity index (χ4v) is 2.60. The first-order chi connectivity index (χ1) is 9.41. The van der Waals surface area contributed by atoms with Crippen molar-refractivity contribution in [3.8, 4) is 0 Å². The molecule has 1 nitrogen and oxygen atoms in total. The van der Waals surface area contributed by atoms with Gasteiger partial charge in [-0.2, -0.15) is 0 Å². The van der Waals surface area contributed by atoms with Crippen molar-refractivity contribution in [2.45, 2.75) is 110 Å². The second-order valence-corrected chi connectivity index (χ2v) is 5.91. The molecule has 20 heavy (non-hydrogen) atoms. The van der Waals surface area contributed by atoms with Crippen LogP contribution in [0.1, 0.15) is 110 Å². The first-order valence-electron chi connectivity index (χ1n) is 8.85. The molecule has 0 rings (SSSR count). The maximum atomic E-state index is 10.1. The van der Waals surface area contributed by atoms with E-state index in [9.17, 15) is 4.79 Å².